The van der Waals surface area contributed by atoms with Crippen molar-refractivity contribution in [2.75, 3.05) is 6.61 Å². The average molecular weight is 270 g/mol. The third-order valence-corrected chi connectivity index (χ3v) is 7.74. The lowest BCUT2D eigenvalue weighted by Gasteiger charge is -2.24. The van der Waals surface area contributed by atoms with Crippen LogP contribution in [0.15, 0.2) is 0 Å². The van der Waals surface area contributed by atoms with E-state index in [1.165, 1.54) is 32.1 Å². The highest BCUT2D eigenvalue weighted by Gasteiger charge is 2.43. The van der Waals surface area contributed by atoms with Crippen LogP contribution in [-0.4, -0.2) is 27.9 Å². The highest BCUT2D eigenvalue weighted by Crippen LogP contribution is 2.40. The Balaban J connectivity index is 1.57. The van der Waals surface area contributed by atoms with Crippen molar-refractivity contribution in [3.05, 3.63) is 0 Å². The van der Waals surface area contributed by atoms with Crippen molar-refractivity contribution in [3.8, 4) is 0 Å². The zero-order valence-corrected chi connectivity index (χ0v) is 13.7. The molecule has 2 aliphatic rings. The molecule has 2 rings (SSSR count). The fourth-order valence-corrected chi connectivity index (χ4v) is 6.24. The minimum atomic E-state index is -0.983. The number of hydrogen-bond donors (Lipinski definition) is 0. The summed E-state index contributed by atoms with van der Waals surface area (Å²) in [7, 11) is -0.983. The lowest BCUT2D eigenvalue weighted by molar-refractivity contribution is 0.269. The molecule has 3 atom stereocenters. The topological polar surface area (TPSA) is 21.8 Å². The second-order valence-electron chi connectivity index (χ2n) is 6.86. The molecule has 0 aromatic heterocycles. The van der Waals surface area contributed by atoms with Crippen LogP contribution in [0.1, 0.15) is 59.8 Å². The maximum absolute atomic E-state index is 6.20. The molecule has 1 heterocycles. The molecule has 0 N–H and O–H groups in total. The van der Waals surface area contributed by atoms with Gasteiger partial charge in [0.25, 0.3) is 0 Å². The van der Waals surface area contributed by atoms with Gasteiger partial charge >= 0.3 is 0 Å². The van der Waals surface area contributed by atoms with Crippen LogP contribution in [0.5, 0.6) is 0 Å². The maximum atomic E-state index is 6.20. The van der Waals surface area contributed by atoms with E-state index in [1.54, 1.807) is 0 Å². The summed E-state index contributed by atoms with van der Waals surface area (Å²) >= 11 is 0. The van der Waals surface area contributed by atoms with Gasteiger partial charge in [0.05, 0.1) is 12.2 Å². The molecule has 1 aliphatic heterocycles. The molecular weight excluding hydrogens is 240 g/mol. The van der Waals surface area contributed by atoms with E-state index in [9.17, 15) is 0 Å². The molecule has 2 nitrogen and oxygen atoms in total. The molecule has 18 heavy (non-hydrogen) atoms. The Kier molecular flexibility index (Phi) is 5.28. The van der Waals surface area contributed by atoms with Crippen molar-refractivity contribution in [3.63, 3.8) is 0 Å². The van der Waals surface area contributed by atoms with Gasteiger partial charge in [0.2, 0.25) is 0 Å². The van der Waals surface area contributed by atoms with Gasteiger partial charge in [-0.2, -0.15) is 0 Å². The Morgan fingerprint density at radius 1 is 1.11 bits per heavy atom. The molecule has 1 aliphatic carbocycles. The van der Waals surface area contributed by atoms with E-state index >= 15 is 0 Å². The molecule has 3 unspecified atom stereocenters. The molecule has 0 aromatic carbocycles. The highest BCUT2D eigenvalue weighted by molar-refractivity contribution is 6.54. The van der Waals surface area contributed by atoms with Crippen molar-refractivity contribution in [2.45, 2.75) is 83.1 Å². The van der Waals surface area contributed by atoms with Crippen molar-refractivity contribution in [1.82, 2.24) is 0 Å². The zero-order valence-electron chi connectivity index (χ0n) is 12.5. The predicted octanol–water partition coefficient (Wildman–Crippen LogP) is 3.89. The van der Waals surface area contributed by atoms with Gasteiger partial charge in [-0.25, -0.2) is 0 Å². The smallest absolute Gasteiger partial charge is 0.181 e. The van der Waals surface area contributed by atoms with Crippen LogP contribution in [0.25, 0.3) is 0 Å². The highest BCUT2D eigenvalue weighted by atomic mass is 28.3. The van der Waals surface area contributed by atoms with Crippen LogP contribution in [0, 0.1) is 5.92 Å². The molecule has 0 bridgehead atoms. The van der Waals surface area contributed by atoms with Gasteiger partial charge in [0.1, 0.15) is 0 Å². The van der Waals surface area contributed by atoms with Crippen molar-refractivity contribution in [2.24, 2.45) is 5.92 Å². The third kappa shape index (κ3) is 4.07. The summed E-state index contributed by atoms with van der Waals surface area (Å²) < 4.78 is 11.8. The molecule has 106 valence electrons. The van der Waals surface area contributed by atoms with E-state index in [4.69, 9.17) is 9.16 Å². The number of fused-ring (bicyclic) bond motifs is 1. The minimum Gasteiger partial charge on any atom is -0.420 e. The van der Waals surface area contributed by atoms with E-state index in [1.807, 2.05) is 0 Å². The van der Waals surface area contributed by atoms with Crippen LogP contribution in [-0.2, 0) is 9.16 Å². The molecule has 0 aromatic rings. The van der Waals surface area contributed by atoms with Crippen molar-refractivity contribution in [1.29, 1.82) is 0 Å². The SMILES string of the molecule is CC(C)[SiH](OCCCC1CCC2OC2C1)C(C)C. The number of hydrogen-bond acceptors (Lipinski definition) is 2. The van der Waals surface area contributed by atoms with Crippen molar-refractivity contribution >= 4 is 9.04 Å². The summed E-state index contributed by atoms with van der Waals surface area (Å²) in [6, 6.07) is 0. The molecular formula is C15H30O2Si. The molecule has 0 amide bonds. The summed E-state index contributed by atoms with van der Waals surface area (Å²) in [6.45, 7) is 10.3. The molecule has 0 radical (unpaired) electrons. The first-order valence-corrected chi connectivity index (χ1v) is 9.65. The zero-order chi connectivity index (χ0) is 13.1. The van der Waals surface area contributed by atoms with Crippen LogP contribution in [0.4, 0.5) is 0 Å². The van der Waals surface area contributed by atoms with Crippen molar-refractivity contribution < 1.29 is 9.16 Å². The molecule has 1 saturated heterocycles. The van der Waals surface area contributed by atoms with Gasteiger partial charge in [-0.15, -0.1) is 0 Å². The maximum Gasteiger partial charge on any atom is 0.181 e. The summed E-state index contributed by atoms with van der Waals surface area (Å²) in [5, 5.41) is 0. The van der Waals surface area contributed by atoms with Gasteiger partial charge in [0, 0.05) is 6.61 Å². The summed E-state index contributed by atoms with van der Waals surface area (Å²) in [5.41, 5.74) is 1.53. The Hall–Kier alpha value is 0.137. The van der Waals surface area contributed by atoms with E-state index in [-0.39, 0.29) is 0 Å². The number of ether oxygens (including phenoxy) is 1. The fourth-order valence-electron chi connectivity index (χ4n) is 3.50. The van der Waals surface area contributed by atoms with Gasteiger partial charge < -0.3 is 9.16 Å². The second kappa shape index (κ2) is 6.53. The number of rotatable bonds is 7. The Morgan fingerprint density at radius 2 is 1.83 bits per heavy atom. The predicted molar refractivity (Wildman–Crippen MR) is 78.5 cm³/mol. The first-order chi connectivity index (χ1) is 8.58. The summed E-state index contributed by atoms with van der Waals surface area (Å²) in [4.78, 5) is 0. The van der Waals surface area contributed by atoms with E-state index < -0.39 is 9.04 Å². The van der Waals surface area contributed by atoms with Crippen LogP contribution in [0.3, 0.4) is 0 Å². The average Bonchev–Trinajstić information content (AvgIpc) is 3.05. The number of epoxide rings is 1. The third-order valence-electron chi connectivity index (χ3n) is 4.49. The Bertz CT molecular complexity index is 247. The lowest BCUT2D eigenvalue weighted by atomic mass is 9.86. The summed E-state index contributed by atoms with van der Waals surface area (Å²) in [6.07, 6.45) is 7.91. The van der Waals surface area contributed by atoms with E-state index in [2.05, 4.69) is 27.7 Å². The monoisotopic (exact) mass is 270 g/mol. The molecule has 0 spiro atoms. The quantitative estimate of drug-likeness (QED) is 0.398. The molecule has 3 heteroatoms. The largest absolute Gasteiger partial charge is 0.420 e. The van der Waals surface area contributed by atoms with Gasteiger partial charge in [-0.05, 0) is 49.1 Å². The van der Waals surface area contributed by atoms with E-state index in [0.717, 1.165) is 23.6 Å². The lowest BCUT2D eigenvalue weighted by Crippen LogP contribution is -2.26. The molecule has 1 saturated carbocycles. The first-order valence-electron chi connectivity index (χ1n) is 7.85. The molecule has 2 fully saturated rings. The normalized spacial score (nSPS) is 31.2. The standard InChI is InChI=1S/C15H30O2Si/c1-11(2)18(12(3)4)16-9-5-6-13-7-8-14-15(10-13)17-14/h11-15,18H,5-10H2,1-4H3. The first kappa shape index (κ1) is 14.5. The van der Waals surface area contributed by atoms with Crippen LogP contribution in [0.2, 0.25) is 11.1 Å². The second-order valence-corrected chi connectivity index (χ2v) is 10.8. The van der Waals surface area contributed by atoms with Crippen LogP contribution >= 0.6 is 0 Å². The minimum absolute atomic E-state index is 0.637. The van der Waals surface area contributed by atoms with E-state index in [0.29, 0.717) is 12.2 Å². The Morgan fingerprint density at radius 3 is 2.44 bits per heavy atom. The van der Waals surface area contributed by atoms with Gasteiger partial charge in [-0.3, -0.25) is 0 Å². The summed E-state index contributed by atoms with van der Waals surface area (Å²) in [5.74, 6) is 0.913. The van der Waals surface area contributed by atoms with Gasteiger partial charge in [-0.1, -0.05) is 27.7 Å². The fraction of sp³-hybridized carbons (Fsp3) is 1.00. The Labute approximate surface area is 114 Å². The van der Waals surface area contributed by atoms with Gasteiger partial charge in [0.15, 0.2) is 9.04 Å². The van der Waals surface area contributed by atoms with Crippen LogP contribution < -0.4 is 0 Å².